The van der Waals surface area contributed by atoms with Crippen LogP contribution in [-0.2, 0) is 20.9 Å². The van der Waals surface area contributed by atoms with Gasteiger partial charge < -0.3 is 15.0 Å². The number of carbonyl (C=O) groups is 3. The number of carbonyl (C=O) groups excluding carboxylic acids is 3. The average molecular weight is 572 g/mol. The highest BCUT2D eigenvalue weighted by molar-refractivity contribution is 6.34. The number of benzene rings is 3. The van der Waals surface area contributed by atoms with E-state index in [-0.39, 0.29) is 35.0 Å². The van der Waals surface area contributed by atoms with Gasteiger partial charge in [-0.1, -0.05) is 72.3 Å². The Morgan fingerprint density at radius 1 is 1.02 bits per heavy atom. The Morgan fingerprint density at radius 2 is 1.66 bits per heavy atom. The lowest BCUT2D eigenvalue weighted by molar-refractivity contribution is -0.146. The minimum atomic E-state index is -0.967. The van der Waals surface area contributed by atoms with Gasteiger partial charge in [0, 0.05) is 19.5 Å². The molecule has 1 atom stereocenters. The maximum atomic E-state index is 14.0. The minimum absolute atomic E-state index is 0.0856. The first-order valence-corrected chi connectivity index (χ1v) is 14.1. The Labute approximate surface area is 246 Å². The summed E-state index contributed by atoms with van der Waals surface area (Å²) in [5, 5.41) is 12.3. The van der Waals surface area contributed by atoms with E-state index in [1.165, 1.54) is 18.2 Å². The maximum absolute atomic E-state index is 14.0. The van der Waals surface area contributed by atoms with E-state index in [0.717, 1.165) is 11.1 Å². The van der Waals surface area contributed by atoms with Gasteiger partial charge >= 0.3 is 5.97 Å². The van der Waals surface area contributed by atoms with Gasteiger partial charge in [0.05, 0.1) is 33.7 Å². The molecule has 0 saturated carbocycles. The van der Waals surface area contributed by atoms with Crippen molar-refractivity contribution in [1.82, 2.24) is 10.2 Å². The maximum Gasteiger partial charge on any atom is 0.306 e. The lowest BCUT2D eigenvalue weighted by Gasteiger charge is -2.40. The van der Waals surface area contributed by atoms with E-state index in [1.54, 1.807) is 0 Å². The summed E-state index contributed by atoms with van der Waals surface area (Å²) < 4.78 is 5.46. The zero-order valence-corrected chi connectivity index (χ0v) is 24.1. The number of nitrogens with zero attached hydrogens (tertiary/aromatic N) is 2. The van der Waals surface area contributed by atoms with E-state index in [0.29, 0.717) is 37.9 Å². The molecule has 3 aromatic carbocycles. The molecule has 41 heavy (non-hydrogen) atoms. The largest absolute Gasteiger partial charge is 0.461 e. The lowest BCUT2D eigenvalue weighted by atomic mass is 9.79. The van der Waals surface area contributed by atoms with Crippen LogP contribution >= 0.6 is 11.6 Å². The minimum Gasteiger partial charge on any atom is -0.461 e. The standard InChI is InChI=1S/C33H34ClN3O4/c1-33(2,36-31(39)27-14-13-25(21-35)19-28(27)34)30(26-11-7-4-8-12-26)32(40)37-17-15-23(16-18-37)20-29(38)41-22-24-9-5-3-6-10-24/h3-14,19,23,30H,15-18,20,22H2,1-2H3,(H,36,39). The van der Waals surface area contributed by atoms with Crippen LogP contribution < -0.4 is 5.32 Å². The highest BCUT2D eigenvalue weighted by Gasteiger charge is 2.41. The molecule has 1 unspecified atom stereocenters. The molecule has 0 spiro atoms. The topological polar surface area (TPSA) is 99.5 Å². The normalized spacial score (nSPS) is 14.5. The van der Waals surface area contributed by atoms with Gasteiger partial charge in [0.2, 0.25) is 5.91 Å². The molecule has 212 valence electrons. The molecule has 8 heteroatoms. The Hall–Kier alpha value is -4.15. The molecule has 1 heterocycles. The summed E-state index contributed by atoms with van der Waals surface area (Å²) in [5.41, 5.74) is 1.36. The van der Waals surface area contributed by atoms with Crippen molar-refractivity contribution in [2.45, 2.75) is 51.2 Å². The molecule has 1 fully saturated rings. The second kappa shape index (κ2) is 13.5. The summed E-state index contributed by atoms with van der Waals surface area (Å²) in [4.78, 5) is 41.5. The molecule has 0 bridgehead atoms. The molecule has 0 radical (unpaired) electrons. The van der Waals surface area contributed by atoms with Crippen molar-refractivity contribution in [3.8, 4) is 6.07 Å². The number of nitriles is 1. The van der Waals surface area contributed by atoms with Crippen molar-refractivity contribution in [1.29, 1.82) is 5.26 Å². The van der Waals surface area contributed by atoms with Crippen molar-refractivity contribution >= 4 is 29.4 Å². The zero-order valence-electron chi connectivity index (χ0n) is 23.3. The molecule has 0 aliphatic carbocycles. The Balaban J connectivity index is 1.41. The molecular formula is C33H34ClN3O4. The fourth-order valence-corrected chi connectivity index (χ4v) is 5.55. The van der Waals surface area contributed by atoms with E-state index in [1.807, 2.05) is 85.5 Å². The molecule has 3 aromatic rings. The zero-order chi connectivity index (χ0) is 29.4. The van der Waals surface area contributed by atoms with Crippen LogP contribution in [0.4, 0.5) is 0 Å². The fourth-order valence-electron chi connectivity index (χ4n) is 5.29. The summed E-state index contributed by atoms with van der Waals surface area (Å²) in [7, 11) is 0. The quantitative estimate of drug-likeness (QED) is 0.324. The van der Waals surface area contributed by atoms with E-state index < -0.39 is 17.4 Å². The molecule has 1 aliphatic heterocycles. The van der Waals surface area contributed by atoms with E-state index >= 15 is 0 Å². The van der Waals surface area contributed by atoms with Crippen molar-refractivity contribution < 1.29 is 19.1 Å². The Bertz CT molecular complexity index is 1410. The first-order valence-electron chi connectivity index (χ1n) is 13.7. The number of halogens is 1. The van der Waals surface area contributed by atoms with Gasteiger partial charge in [0.1, 0.15) is 6.61 Å². The molecule has 7 nitrogen and oxygen atoms in total. The highest BCUT2D eigenvalue weighted by Crippen LogP contribution is 2.33. The number of piperidine rings is 1. The average Bonchev–Trinajstić information content (AvgIpc) is 2.97. The lowest BCUT2D eigenvalue weighted by Crippen LogP contribution is -2.54. The molecule has 2 amide bonds. The van der Waals surface area contributed by atoms with Gasteiger partial charge in [-0.05, 0) is 61.9 Å². The number of hydrogen-bond donors (Lipinski definition) is 1. The Kier molecular flexibility index (Phi) is 9.80. The van der Waals surface area contributed by atoms with Crippen molar-refractivity contribution in [2.24, 2.45) is 5.92 Å². The van der Waals surface area contributed by atoms with Crippen LogP contribution in [0.15, 0.2) is 78.9 Å². The second-order valence-corrected chi connectivity index (χ2v) is 11.4. The SMILES string of the molecule is CC(C)(NC(=O)c1ccc(C#N)cc1Cl)C(C(=O)N1CCC(CC(=O)OCc2ccccc2)CC1)c1ccccc1. The predicted molar refractivity (Wildman–Crippen MR) is 157 cm³/mol. The molecule has 4 rings (SSSR count). The molecule has 1 aliphatic rings. The number of ether oxygens (including phenoxy) is 1. The summed E-state index contributed by atoms with van der Waals surface area (Å²) >= 11 is 6.29. The van der Waals surface area contributed by atoms with Gasteiger partial charge in [0.25, 0.3) is 5.91 Å². The van der Waals surface area contributed by atoms with Crippen LogP contribution in [0.25, 0.3) is 0 Å². The van der Waals surface area contributed by atoms with E-state index in [4.69, 9.17) is 21.6 Å². The van der Waals surface area contributed by atoms with Gasteiger partial charge in [0.15, 0.2) is 0 Å². The summed E-state index contributed by atoms with van der Waals surface area (Å²) in [6.07, 6.45) is 1.71. The van der Waals surface area contributed by atoms with Gasteiger partial charge in [-0.3, -0.25) is 14.4 Å². The van der Waals surface area contributed by atoms with E-state index in [2.05, 4.69) is 5.32 Å². The smallest absolute Gasteiger partial charge is 0.306 e. The first-order chi connectivity index (χ1) is 19.7. The fraction of sp³-hybridized carbons (Fsp3) is 0.333. The third kappa shape index (κ3) is 7.74. The van der Waals surface area contributed by atoms with Crippen LogP contribution in [0.3, 0.4) is 0 Å². The summed E-state index contributed by atoms with van der Waals surface area (Å²) in [6.45, 7) is 4.94. The third-order valence-corrected chi connectivity index (χ3v) is 7.82. The van der Waals surface area contributed by atoms with Crippen LogP contribution in [-0.4, -0.2) is 41.3 Å². The summed E-state index contributed by atoms with van der Waals surface area (Å²) in [6, 6.07) is 25.5. The monoisotopic (exact) mass is 571 g/mol. The van der Waals surface area contributed by atoms with Gasteiger partial charge in [-0.15, -0.1) is 0 Å². The molecular weight excluding hydrogens is 538 g/mol. The number of esters is 1. The van der Waals surface area contributed by atoms with E-state index in [9.17, 15) is 14.4 Å². The number of likely N-dealkylation sites (tertiary alicyclic amines) is 1. The van der Waals surface area contributed by atoms with Crippen molar-refractivity contribution in [3.63, 3.8) is 0 Å². The molecule has 1 N–H and O–H groups in total. The molecule has 1 saturated heterocycles. The number of amides is 2. The predicted octanol–water partition coefficient (Wildman–Crippen LogP) is 5.88. The second-order valence-electron chi connectivity index (χ2n) is 10.9. The van der Waals surface area contributed by atoms with Crippen molar-refractivity contribution in [2.75, 3.05) is 13.1 Å². The van der Waals surface area contributed by atoms with Gasteiger partial charge in [-0.2, -0.15) is 5.26 Å². The summed E-state index contributed by atoms with van der Waals surface area (Å²) in [5.74, 6) is -1.25. The number of rotatable bonds is 9. The van der Waals surface area contributed by atoms with Crippen LogP contribution in [0.5, 0.6) is 0 Å². The highest BCUT2D eigenvalue weighted by atomic mass is 35.5. The van der Waals surface area contributed by atoms with Crippen LogP contribution in [0.1, 0.15) is 66.1 Å². The number of nitrogens with one attached hydrogen (secondary N) is 1. The Morgan fingerprint density at radius 3 is 2.27 bits per heavy atom. The van der Waals surface area contributed by atoms with Crippen LogP contribution in [0.2, 0.25) is 5.02 Å². The number of hydrogen-bond acceptors (Lipinski definition) is 5. The van der Waals surface area contributed by atoms with Gasteiger partial charge in [-0.25, -0.2) is 0 Å². The van der Waals surface area contributed by atoms with Crippen molar-refractivity contribution in [3.05, 3.63) is 106 Å². The third-order valence-electron chi connectivity index (χ3n) is 7.50. The first kappa shape index (κ1) is 29.8. The molecule has 0 aromatic heterocycles. The van der Waals surface area contributed by atoms with Crippen LogP contribution in [0, 0.1) is 17.2 Å².